The van der Waals surface area contributed by atoms with Crippen LogP contribution in [0.3, 0.4) is 0 Å². The van der Waals surface area contributed by atoms with Gasteiger partial charge in [0.15, 0.2) is 0 Å². The molecule has 0 aliphatic rings. The number of hydrogen-bond donors (Lipinski definition) is 3. The standard InChI is InChI=1S/C21H24N2O4/c1-15-7-9-16(10-8-15)11-12-19(24)23-14-20(25)22-13-18(21(26)27)17-5-3-2-4-6-17/h2-10,18H,11-14H2,1H3,(H,22,25)(H,23,24)(H,26,27). The van der Waals surface area contributed by atoms with Crippen molar-refractivity contribution in [3.63, 3.8) is 0 Å². The van der Waals surface area contributed by atoms with Gasteiger partial charge in [0, 0.05) is 13.0 Å². The molecule has 27 heavy (non-hydrogen) atoms. The Morgan fingerprint density at radius 3 is 2.22 bits per heavy atom. The molecule has 0 bridgehead atoms. The van der Waals surface area contributed by atoms with Crippen LogP contribution in [-0.2, 0) is 20.8 Å². The summed E-state index contributed by atoms with van der Waals surface area (Å²) in [5.41, 5.74) is 2.84. The molecule has 2 aromatic rings. The van der Waals surface area contributed by atoms with E-state index in [0.717, 1.165) is 11.1 Å². The van der Waals surface area contributed by atoms with Gasteiger partial charge in [0.1, 0.15) is 0 Å². The summed E-state index contributed by atoms with van der Waals surface area (Å²) in [6.07, 6.45) is 0.890. The quantitative estimate of drug-likeness (QED) is 0.631. The Balaban J connectivity index is 1.72. The zero-order valence-corrected chi connectivity index (χ0v) is 15.3. The molecule has 0 heterocycles. The number of carbonyl (C=O) groups is 3. The van der Waals surface area contributed by atoms with Crippen molar-refractivity contribution in [2.24, 2.45) is 0 Å². The summed E-state index contributed by atoms with van der Waals surface area (Å²) >= 11 is 0. The molecule has 0 aliphatic heterocycles. The van der Waals surface area contributed by atoms with Gasteiger partial charge in [0.25, 0.3) is 0 Å². The first-order chi connectivity index (χ1) is 13.0. The first kappa shape index (κ1) is 20.2. The largest absolute Gasteiger partial charge is 0.481 e. The highest BCUT2D eigenvalue weighted by Crippen LogP contribution is 2.14. The van der Waals surface area contributed by atoms with Gasteiger partial charge in [0.2, 0.25) is 11.8 Å². The average Bonchev–Trinajstić information content (AvgIpc) is 2.66. The average molecular weight is 368 g/mol. The smallest absolute Gasteiger partial charge is 0.312 e. The SMILES string of the molecule is Cc1ccc(CCC(=O)NCC(=O)NCC(C(=O)O)c2ccccc2)cc1. The molecule has 0 aliphatic carbocycles. The molecule has 6 nitrogen and oxygen atoms in total. The molecule has 0 fully saturated rings. The van der Waals surface area contributed by atoms with Crippen LogP contribution in [0, 0.1) is 6.92 Å². The summed E-state index contributed by atoms with van der Waals surface area (Å²) in [6, 6.07) is 16.7. The van der Waals surface area contributed by atoms with Gasteiger partial charge in [-0.25, -0.2) is 0 Å². The Kier molecular flexibility index (Phi) is 7.55. The summed E-state index contributed by atoms with van der Waals surface area (Å²) in [5, 5.41) is 14.5. The van der Waals surface area contributed by atoms with Crippen LogP contribution in [0.1, 0.15) is 29.0 Å². The monoisotopic (exact) mass is 368 g/mol. The predicted molar refractivity (Wildman–Crippen MR) is 102 cm³/mol. The molecule has 6 heteroatoms. The van der Waals surface area contributed by atoms with Crippen molar-refractivity contribution in [3.8, 4) is 0 Å². The summed E-state index contributed by atoms with van der Waals surface area (Å²) in [6.45, 7) is 1.80. The van der Waals surface area contributed by atoms with Gasteiger partial charge in [-0.3, -0.25) is 14.4 Å². The number of carbonyl (C=O) groups excluding carboxylic acids is 2. The van der Waals surface area contributed by atoms with E-state index in [0.29, 0.717) is 12.0 Å². The third-order valence-corrected chi connectivity index (χ3v) is 4.21. The first-order valence-electron chi connectivity index (χ1n) is 8.82. The number of aliphatic carboxylic acids is 1. The summed E-state index contributed by atoms with van der Waals surface area (Å²) in [4.78, 5) is 35.2. The Bertz CT molecular complexity index is 773. The highest BCUT2D eigenvalue weighted by molar-refractivity contribution is 5.85. The minimum atomic E-state index is -1.01. The van der Waals surface area contributed by atoms with Crippen molar-refractivity contribution in [1.29, 1.82) is 0 Å². The molecule has 3 N–H and O–H groups in total. The number of carboxylic acid groups (broad SMARTS) is 1. The van der Waals surface area contributed by atoms with Crippen LogP contribution in [0.2, 0.25) is 0 Å². The van der Waals surface area contributed by atoms with Crippen molar-refractivity contribution in [2.75, 3.05) is 13.1 Å². The van der Waals surface area contributed by atoms with E-state index in [2.05, 4.69) is 10.6 Å². The van der Waals surface area contributed by atoms with Crippen LogP contribution in [0.5, 0.6) is 0 Å². The molecular formula is C21H24N2O4. The maximum absolute atomic E-state index is 11.9. The van der Waals surface area contributed by atoms with Gasteiger partial charge in [-0.15, -0.1) is 0 Å². The molecule has 0 radical (unpaired) electrons. The number of amides is 2. The fraction of sp³-hybridized carbons (Fsp3) is 0.286. The second-order valence-electron chi connectivity index (χ2n) is 6.37. The summed E-state index contributed by atoms with van der Waals surface area (Å²) in [5.74, 6) is -2.47. The number of hydrogen-bond acceptors (Lipinski definition) is 3. The molecule has 0 saturated carbocycles. The van der Waals surface area contributed by atoms with Gasteiger partial charge in [0.05, 0.1) is 12.5 Å². The Labute approximate surface area is 158 Å². The third kappa shape index (κ3) is 6.93. The second kappa shape index (κ2) is 10.1. The van der Waals surface area contributed by atoms with E-state index < -0.39 is 17.8 Å². The Morgan fingerprint density at radius 2 is 1.59 bits per heavy atom. The zero-order chi connectivity index (χ0) is 19.6. The number of nitrogens with one attached hydrogen (secondary N) is 2. The fourth-order valence-electron chi connectivity index (χ4n) is 2.59. The van der Waals surface area contributed by atoms with Crippen LogP contribution in [0.25, 0.3) is 0 Å². The molecule has 0 saturated heterocycles. The topological polar surface area (TPSA) is 95.5 Å². The van der Waals surface area contributed by atoms with Crippen LogP contribution in [0.15, 0.2) is 54.6 Å². The lowest BCUT2D eigenvalue weighted by Gasteiger charge is -2.14. The number of aryl methyl sites for hydroxylation is 2. The minimum absolute atomic E-state index is 0.0303. The van der Waals surface area contributed by atoms with E-state index >= 15 is 0 Å². The maximum Gasteiger partial charge on any atom is 0.312 e. The normalized spacial score (nSPS) is 11.4. The van der Waals surface area contributed by atoms with E-state index in [4.69, 9.17) is 0 Å². The van der Waals surface area contributed by atoms with Gasteiger partial charge in [-0.2, -0.15) is 0 Å². The van der Waals surface area contributed by atoms with Crippen molar-refractivity contribution in [1.82, 2.24) is 10.6 Å². The first-order valence-corrected chi connectivity index (χ1v) is 8.82. The van der Waals surface area contributed by atoms with Crippen LogP contribution in [0.4, 0.5) is 0 Å². The molecule has 2 amide bonds. The highest BCUT2D eigenvalue weighted by atomic mass is 16.4. The van der Waals surface area contributed by atoms with E-state index in [-0.39, 0.29) is 25.4 Å². The zero-order valence-electron chi connectivity index (χ0n) is 15.3. The Morgan fingerprint density at radius 1 is 0.926 bits per heavy atom. The van der Waals surface area contributed by atoms with Crippen LogP contribution < -0.4 is 10.6 Å². The van der Waals surface area contributed by atoms with Crippen molar-refractivity contribution in [2.45, 2.75) is 25.7 Å². The minimum Gasteiger partial charge on any atom is -0.481 e. The van der Waals surface area contributed by atoms with Gasteiger partial charge >= 0.3 is 5.97 Å². The fourth-order valence-corrected chi connectivity index (χ4v) is 2.59. The maximum atomic E-state index is 11.9. The van der Waals surface area contributed by atoms with Crippen molar-refractivity contribution < 1.29 is 19.5 Å². The molecule has 1 unspecified atom stereocenters. The number of benzene rings is 2. The highest BCUT2D eigenvalue weighted by Gasteiger charge is 2.20. The lowest BCUT2D eigenvalue weighted by atomic mass is 9.99. The molecule has 1 atom stereocenters. The molecule has 142 valence electrons. The molecule has 2 rings (SSSR count). The molecule has 2 aromatic carbocycles. The number of carboxylic acids is 1. The molecular weight excluding hydrogens is 344 g/mol. The van der Waals surface area contributed by atoms with Crippen molar-refractivity contribution >= 4 is 17.8 Å². The number of rotatable bonds is 9. The van der Waals surface area contributed by atoms with Gasteiger partial charge in [-0.1, -0.05) is 60.2 Å². The van der Waals surface area contributed by atoms with Gasteiger partial charge < -0.3 is 15.7 Å². The lowest BCUT2D eigenvalue weighted by Crippen LogP contribution is -2.39. The van der Waals surface area contributed by atoms with Crippen molar-refractivity contribution in [3.05, 3.63) is 71.3 Å². The molecule has 0 spiro atoms. The van der Waals surface area contributed by atoms with Crippen LogP contribution >= 0.6 is 0 Å². The van der Waals surface area contributed by atoms with Crippen LogP contribution in [-0.4, -0.2) is 36.0 Å². The second-order valence-corrected chi connectivity index (χ2v) is 6.37. The van der Waals surface area contributed by atoms with E-state index in [1.165, 1.54) is 0 Å². The van der Waals surface area contributed by atoms with E-state index in [9.17, 15) is 19.5 Å². The van der Waals surface area contributed by atoms with Gasteiger partial charge in [-0.05, 0) is 24.5 Å². The summed E-state index contributed by atoms with van der Waals surface area (Å²) in [7, 11) is 0. The summed E-state index contributed by atoms with van der Waals surface area (Å²) < 4.78 is 0. The Hall–Kier alpha value is -3.15. The third-order valence-electron chi connectivity index (χ3n) is 4.21. The lowest BCUT2D eigenvalue weighted by molar-refractivity contribution is -0.138. The van der Waals surface area contributed by atoms with E-state index in [1.54, 1.807) is 30.3 Å². The predicted octanol–water partition coefficient (Wildman–Crippen LogP) is 2.03. The molecule has 0 aromatic heterocycles. The van der Waals surface area contributed by atoms with E-state index in [1.807, 2.05) is 31.2 Å².